The SMILES string of the molecule is CCCCCCCCCCC.CS(=O)(=O)[O-].c1ccc2ccccc2c1. The van der Waals surface area contributed by atoms with Crippen molar-refractivity contribution in [2.24, 2.45) is 0 Å². The van der Waals surface area contributed by atoms with Gasteiger partial charge in [-0.3, -0.25) is 0 Å². The maximum atomic E-state index is 9.08. The molecule has 0 aromatic heterocycles. The fraction of sp³-hybridized carbons (Fsp3) is 0.545. The molecular weight excluding hydrogens is 344 g/mol. The fourth-order valence-electron chi connectivity index (χ4n) is 2.52. The van der Waals surface area contributed by atoms with E-state index >= 15 is 0 Å². The van der Waals surface area contributed by atoms with E-state index < -0.39 is 10.1 Å². The maximum absolute atomic E-state index is 9.08. The zero-order valence-electron chi connectivity index (χ0n) is 16.6. The molecule has 2 aromatic carbocycles. The Morgan fingerprint density at radius 1 is 0.654 bits per heavy atom. The molecule has 0 saturated heterocycles. The van der Waals surface area contributed by atoms with Crippen molar-refractivity contribution in [1.82, 2.24) is 0 Å². The van der Waals surface area contributed by atoms with Crippen LogP contribution in [0.3, 0.4) is 0 Å². The molecule has 0 aliphatic carbocycles. The molecule has 0 aliphatic rings. The summed E-state index contributed by atoms with van der Waals surface area (Å²) in [6.07, 6.45) is 13.6. The van der Waals surface area contributed by atoms with E-state index in [0.29, 0.717) is 6.26 Å². The lowest BCUT2D eigenvalue weighted by atomic mass is 10.1. The zero-order valence-corrected chi connectivity index (χ0v) is 17.4. The van der Waals surface area contributed by atoms with Crippen LogP contribution in [0, 0.1) is 0 Å². The van der Waals surface area contributed by atoms with E-state index in [1.54, 1.807) is 0 Å². The van der Waals surface area contributed by atoms with Crippen molar-refractivity contribution in [3.05, 3.63) is 48.5 Å². The topological polar surface area (TPSA) is 57.2 Å². The molecule has 4 heteroatoms. The molecule has 0 N–H and O–H groups in total. The molecule has 0 saturated carbocycles. The lowest BCUT2D eigenvalue weighted by Gasteiger charge is -1.98. The predicted octanol–water partition coefficient (Wildman–Crippen LogP) is 6.54. The molecule has 0 unspecified atom stereocenters. The average Bonchev–Trinajstić information content (AvgIpc) is 2.60. The number of unbranched alkanes of at least 4 members (excludes halogenated alkanes) is 8. The Morgan fingerprint density at radius 2 is 0.885 bits per heavy atom. The van der Waals surface area contributed by atoms with Crippen LogP contribution in [0.15, 0.2) is 48.5 Å². The second-order valence-corrected chi connectivity index (χ2v) is 7.93. The minimum atomic E-state index is -3.92. The van der Waals surface area contributed by atoms with Crippen LogP contribution in [0.1, 0.15) is 71.6 Å². The molecule has 2 aromatic rings. The van der Waals surface area contributed by atoms with Gasteiger partial charge in [-0.1, -0.05) is 120 Å². The Bertz CT molecular complexity index is 584. The summed E-state index contributed by atoms with van der Waals surface area (Å²) in [6.45, 7) is 4.55. The first-order valence-corrected chi connectivity index (χ1v) is 11.5. The predicted molar refractivity (Wildman–Crippen MR) is 112 cm³/mol. The quantitative estimate of drug-likeness (QED) is 0.386. The van der Waals surface area contributed by atoms with Gasteiger partial charge in [0.2, 0.25) is 0 Å². The highest BCUT2D eigenvalue weighted by Crippen LogP contribution is 2.11. The normalized spacial score (nSPS) is 10.5. The van der Waals surface area contributed by atoms with Crippen molar-refractivity contribution in [2.45, 2.75) is 71.6 Å². The molecule has 0 radical (unpaired) electrons. The Hall–Kier alpha value is -1.39. The highest BCUT2D eigenvalue weighted by molar-refractivity contribution is 7.84. The van der Waals surface area contributed by atoms with Crippen molar-refractivity contribution < 1.29 is 13.0 Å². The van der Waals surface area contributed by atoms with Crippen LogP contribution in [0.25, 0.3) is 10.8 Å². The second-order valence-electron chi connectivity index (χ2n) is 6.53. The van der Waals surface area contributed by atoms with Gasteiger partial charge in [-0.2, -0.15) is 0 Å². The number of hydrogen-bond acceptors (Lipinski definition) is 3. The first-order valence-electron chi connectivity index (χ1n) is 9.73. The van der Waals surface area contributed by atoms with E-state index in [0.717, 1.165) is 0 Å². The Morgan fingerprint density at radius 3 is 1.12 bits per heavy atom. The summed E-state index contributed by atoms with van der Waals surface area (Å²) in [5, 5.41) is 2.62. The highest BCUT2D eigenvalue weighted by Gasteiger charge is 1.89. The van der Waals surface area contributed by atoms with E-state index in [4.69, 9.17) is 13.0 Å². The molecule has 0 amide bonds. The smallest absolute Gasteiger partial charge is 0.0916 e. The van der Waals surface area contributed by atoms with Gasteiger partial charge in [-0.25, -0.2) is 8.42 Å². The van der Waals surface area contributed by atoms with Crippen LogP contribution in [0.2, 0.25) is 0 Å². The van der Waals surface area contributed by atoms with Crippen molar-refractivity contribution in [2.75, 3.05) is 6.26 Å². The molecule has 0 heterocycles. The van der Waals surface area contributed by atoms with Gasteiger partial charge in [-0.15, -0.1) is 0 Å². The molecule has 0 bridgehead atoms. The first-order chi connectivity index (χ1) is 12.4. The summed E-state index contributed by atoms with van der Waals surface area (Å²) in [4.78, 5) is 0. The molecule has 3 nitrogen and oxygen atoms in total. The van der Waals surface area contributed by atoms with Crippen LogP contribution in [-0.4, -0.2) is 19.2 Å². The van der Waals surface area contributed by atoms with Gasteiger partial charge in [0.1, 0.15) is 0 Å². The number of benzene rings is 2. The zero-order chi connectivity index (χ0) is 19.7. The summed E-state index contributed by atoms with van der Waals surface area (Å²) in [5.74, 6) is 0. The van der Waals surface area contributed by atoms with Crippen LogP contribution in [0.4, 0.5) is 0 Å². The van der Waals surface area contributed by atoms with Gasteiger partial charge in [0.15, 0.2) is 0 Å². The van der Waals surface area contributed by atoms with Crippen molar-refractivity contribution in [3.8, 4) is 0 Å². The summed E-state index contributed by atoms with van der Waals surface area (Å²) < 4.78 is 27.2. The lowest BCUT2D eigenvalue weighted by Crippen LogP contribution is -1.88. The number of hydrogen-bond donors (Lipinski definition) is 0. The number of rotatable bonds is 8. The second kappa shape index (κ2) is 15.8. The average molecular weight is 380 g/mol. The summed E-state index contributed by atoms with van der Waals surface area (Å²) in [5.41, 5.74) is 0. The van der Waals surface area contributed by atoms with E-state index in [1.165, 1.54) is 68.6 Å². The molecular formula is C22H35O3S-. The minimum absolute atomic E-state index is 0.604. The van der Waals surface area contributed by atoms with Crippen molar-refractivity contribution in [3.63, 3.8) is 0 Å². The standard InChI is InChI=1S/C11H24.C10H8.CH4O3S/c1-3-5-7-9-11-10-8-6-4-2;1-2-6-10-8-4-3-7-9(10)5-1;1-5(2,3)4/h3-11H2,1-2H3;1-8H;1H3,(H,2,3,4)/p-1. The highest BCUT2D eigenvalue weighted by atomic mass is 32.2. The van der Waals surface area contributed by atoms with Gasteiger partial charge in [0.25, 0.3) is 0 Å². The molecule has 0 aliphatic heterocycles. The van der Waals surface area contributed by atoms with Crippen LogP contribution < -0.4 is 0 Å². The summed E-state index contributed by atoms with van der Waals surface area (Å²) in [6, 6.07) is 16.7. The fourth-order valence-corrected chi connectivity index (χ4v) is 2.52. The molecule has 2 rings (SSSR count). The molecule has 0 spiro atoms. The van der Waals surface area contributed by atoms with E-state index in [2.05, 4.69) is 62.4 Å². The third kappa shape index (κ3) is 17.4. The molecule has 148 valence electrons. The molecule has 0 fully saturated rings. The minimum Gasteiger partial charge on any atom is -0.748 e. The van der Waals surface area contributed by atoms with E-state index in [1.807, 2.05) is 0 Å². The Labute approximate surface area is 160 Å². The van der Waals surface area contributed by atoms with E-state index in [-0.39, 0.29) is 0 Å². The van der Waals surface area contributed by atoms with Crippen LogP contribution in [-0.2, 0) is 10.1 Å². The molecule has 0 atom stereocenters. The van der Waals surface area contributed by atoms with Gasteiger partial charge >= 0.3 is 0 Å². The van der Waals surface area contributed by atoms with Gasteiger partial charge in [0, 0.05) is 6.26 Å². The van der Waals surface area contributed by atoms with Crippen LogP contribution >= 0.6 is 0 Å². The summed E-state index contributed by atoms with van der Waals surface area (Å²) in [7, 11) is -3.92. The van der Waals surface area contributed by atoms with Crippen molar-refractivity contribution >= 4 is 20.9 Å². The largest absolute Gasteiger partial charge is 0.748 e. The number of fused-ring (bicyclic) bond motifs is 1. The van der Waals surface area contributed by atoms with Gasteiger partial charge in [-0.05, 0) is 10.8 Å². The van der Waals surface area contributed by atoms with Crippen molar-refractivity contribution in [1.29, 1.82) is 0 Å². The third-order valence-corrected chi connectivity index (χ3v) is 3.87. The Balaban J connectivity index is 0.000000386. The Kier molecular flexibility index (Phi) is 15.0. The van der Waals surface area contributed by atoms with Gasteiger partial charge in [0.05, 0.1) is 10.1 Å². The maximum Gasteiger partial charge on any atom is 0.0916 e. The van der Waals surface area contributed by atoms with Gasteiger partial charge < -0.3 is 4.55 Å². The van der Waals surface area contributed by atoms with Crippen LogP contribution in [0.5, 0.6) is 0 Å². The van der Waals surface area contributed by atoms with E-state index in [9.17, 15) is 0 Å². The lowest BCUT2D eigenvalue weighted by molar-refractivity contribution is 0.470. The first kappa shape index (κ1) is 24.6. The monoisotopic (exact) mass is 379 g/mol. The molecule has 26 heavy (non-hydrogen) atoms. The third-order valence-electron chi connectivity index (χ3n) is 3.87. The summed E-state index contributed by atoms with van der Waals surface area (Å²) >= 11 is 0.